The zero-order valence-corrected chi connectivity index (χ0v) is 19.6. The zero-order chi connectivity index (χ0) is 23.5. The molecule has 0 bridgehead atoms. The van der Waals surface area contributed by atoms with E-state index in [9.17, 15) is 14.4 Å². The smallest absolute Gasteiger partial charge is 0.269 e. The Morgan fingerprint density at radius 1 is 0.758 bits per heavy atom. The van der Waals surface area contributed by atoms with E-state index >= 15 is 0 Å². The average Bonchev–Trinajstić information content (AvgIpc) is 3.13. The molecule has 1 aromatic heterocycles. The molecule has 0 radical (unpaired) electrons. The summed E-state index contributed by atoms with van der Waals surface area (Å²) in [5.74, 6) is -1.30. The first kappa shape index (κ1) is 22.8. The third-order valence-corrected chi connectivity index (χ3v) is 6.70. The van der Waals surface area contributed by atoms with Crippen LogP contribution in [0, 0.1) is 6.92 Å². The molecule has 1 heterocycles. The van der Waals surface area contributed by atoms with Gasteiger partial charge in [-0.25, -0.2) is 0 Å². The van der Waals surface area contributed by atoms with Crippen LogP contribution in [-0.2, 0) is 0 Å². The maximum Gasteiger partial charge on any atom is 0.269 e. The monoisotopic (exact) mass is 497 g/mol. The van der Waals surface area contributed by atoms with E-state index in [0.29, 0.717) is 31.7 Å². The summed E-state index contributed by atoms with van der Waals surface area (Å²) >= 11 is 13.5. The Bertz CT molecular complexity index is 1370. The molecule has 0 aliphatic carbocycles. The van der Waals surface area contributed by atoms with Crippen molar-refractivity contribution in [2.24, 2.45) is 0 Å². The lowest BCUT2D eigenvalue weighted by Crippen LogP contribution is -2.41. The number of anilines is 1. The van der Waals surface area contributed by atoms with Crippen molar-refractivity contribution in [2.75, 3.05) is 5.32 Å². The Balaban J connectivity index is 1.38. The molecule has 6 nitrogen and oxygen atoms in total. The highest BCUT2D eigenvalue weighted by Gasteiger charge is 2.17. The standard InChI is InChI=1S/C24H17Cl2N3O3S/c1-13-2-11-18-19(12-13)33-21(20(18)26)24(32)27-17-9-5-15(6-10-17)23(31)29-28-22(30)14-3-7-16(25)8-4-14/h2-12H,1H3,(H,27,32)(H,28,30)(H,29,31). The number of carbonyl (C=O) groups is 3. The number of amides is 3. The summed E-state index contributed by atoms with van der Waals surface area (Å²) in [4.78, 5) is 37.5. The molecule has 0 atom stereocenters. The fraction of sp³-hybridized carbons (Fsp3) is 0.0417. The first-order valence-electron chi connectivity index (χ1n) is 9.78. The quantitative estimate of drug-likeness (QED) is 0.309. The molecular weight excluding hydrogens is 481 g/mol. The number of halogens is 2. The number of benzene rings is 3. The SMILES string of the molecule is Cc1ccc2c(Cl)c(C(=O)Nc3ccc(C(=O)NNC(=O)c4ccc(Cl)cc4)cc3)sc2c1. The fourth-order valence-electron chi connectivity index (χ4n) is 3.07. The van der Waals surface area contributed by atoms with Crippen LogP contribution in [0.2, 0.25) is 10.0 Å². The summed E-state index contributed by atoms with van der Waals surface area (Å²) in [5, 5.41) is 4.55. The second-order valence-electron chi connectivity index (χ2n) is 7.19. The maximum absolute atomic E-state index is 12.7. The second-order valence-corrected chi connectivity index (χ2v) is 9.06. The van der Waals surface area contributed by atoms with Gasteiger partial charge in [-0.2, -0.15) is 0 Å². The second kappa shape index (κ2) is 9.62. The van der Waals surface area contributed by atoms with Gasteiger partial charge in [0.2, 0.25) is 0 Å². The number of thiophene rings is 1. The van der Waals surface area contributed by atoms with E-state index in [1.807, 2.05) is 25.1 Å². The van der Waals surface area contributed by atoms with Crippen LogP contribution < -0.4 is 16.2 Å². The molecule has 0 saturated heterocycles. The lowest BCUT2D eigenvalue weighted by atomic mass is 10.2. The Kier molecular flexibility index (Phi) is 6.65. The van der Waals surface area contributed by atoms with Crippen LogP contribution >= 0.6 is 34.5 Å². The van der Waals surface area contributed by atoms with Gasteiger partial charge in [-0.1, -0.05) is 35.3 Å². The highest BCUT2D eigenvalue weighted by molar-refractivity contribution is 7.21. The number of aryl methyl sites for hydroxylation is 1. The molecule has 0 fully saturated rings. The average molecular weight is 498 g/mol. The summed E-state index contributed by atoms with van der Waals surface area (Å²) in [6, 6.07) is 18.4. The van der Waals surface area contributed by atoms with Crippen molar-refractivity contribution < 1.29 is 14.4 Å². The van der Waals surface area contributed by atoms with Crippen LogP contribution in [-0.4, -0.2) is 17.7 Å². The number of hydrogen-bond acceptors (Lipinski definition) is 4. The number of hydrazine groups is 1. The minimum absolute atomic E-state index is 0.305. The molecule has 9 heteroatoms. The fourth-order valence-corrected chi connectivity index (χ4v) is 4.71. The molecule has 0 saturated carbocycles. The van der Waals surface area contributed by atoms with Crippen molar-refractivity contribution in [2.45, 2.75) is 6.92 Å². The van der Waals surface area contributed by atoms with Gasteiger partial charge < -0.3 is 5.32 Å². The van der Waals surface area contributed by atoms with Gasteiger partial charge in [-0.05, 0) is 67.1 Å². The first-order valence-corrected chi connectivity index (χ1v) is 11.4. The van der Waals surface area contributed by atoms with Gasteiger partial charge in [-0.15, -0.1) is 11.3 Å². The van der Waals surface area contributed by atoms with Crippen LogP contribution in [0.4, 0.5) is 5.69 Å². The van der Waals surface area contributed by atoms with Crippen LogP contribution in [0.1, 0.15) is 36.0 Å². The molecule has 4 rings (SSSR count). The summed E-state index contributed by atoms with van der Waals surface area (Å²) in [7, 11) is 0. The van der Waals surface area contributed by atoms with Gasteiger partial charge in [0.05, 0.1) is 5.02 Å². The molecule has 166 valence electrons. The highest BCUT2D eigenvalue weighted by Crippen LogP contribution is 2.36. The number of carbonyl (C=O) groups excluding carboxylic acids is 3. The predicted octanol–water partition coefficient (Wildman–Crippen LogP) is 5.84. The molecule has 3 aromatic carbocycles. The van der Waals surface area contributed by atoms with Crippen LogP contribution in [0.5, 0.6) is 0 Å². The number of nitrogens with one attached hydrogen (secondary N) is 3. The van der Waals surface area contributed by atoms with Crippen molar-refractivity contribution >= 4 is 68.0 Å². The Morgan fingerprint density at radius 2 is 1.33 bits per heavy atom. The van der Waals surface area contributed by atoms with Crippen molar-refractivity contribution in [1.82, 2.24) is 10.9 Å². The summed E-state index contributed by atoms with van der Waals surface area (Å²) < 4.78 is 0.942. The number of fused-ring (bicyclic) bond motifs is 1. The Hall–Kier alpha value is -3.39. The van der Waals surface area contributed by atoms with E-state index < -0.39 is 11.8 Å². The minimum Gasteiger partial charge on any atom is -0.321 e. The van der Waals surface area contributed by atoms with Gasteiger partial charge in [0, 0.05) is 31.9 Å². The third kappa shape index (κ3) is 5.17. The molecule has 0 aliphatic rings. The maximum atomic E-state index is 12.7. The summed E-state index contributed by atoms with van der Waals surface area (Å²) in [6.07, 6.45) is 0. The van der Waals surface area contributed by atoms with Crippen molar-refractivity contribution in [3.63, 3.8) is 0 Å². The van der Waals surface area contributed by atoms with Crippen LogP contribution in [0.3, 0.4) is 0 Å². The van der Waals surface area contributed by atoms with E-state index in [4.69, 9.17) is 23.2 Å². The molecule has 3 amide bonds. The van der Waals surface area contributed by atoms with Crippen molar-refractivity contribution in [1.29, 1.82) is 0 Å². The van der Waals surface area contributed by atoms with E-state index in [0.717, 1.165) is 15.6 Å². The largest absolute Gasteiger partial charge is 0.321 e. The lowest BCUT2D eigenvalue weighted by Gasteiger charge is -2.09. The van der Waals surface area contributed by atoms with Gasteiger partial charge in [-0.3, -0.25) is 25.2 Å². The minimum atomic E-state index is -0.502. The van der Waals surface area contributed by atoms with Gasteiger partial charge in [0.25, 0.3) is 17.7 Å². The Morgan fingerprint density at radius 3 is 1.94 bits per heavy atom. The van der Waals surface area contributed by atoms with Crippen LogP contribution in [0.15, 0.2) is 66.7 Å². The molecular formula is C24H17Cl2N3O3S. The normalized spacial score (nSPS) is 10.6. The molecule has 3 N–H and O–H groups in total. The summed E-state index contributed by atoms with van der Waals surface area (Å²) in [5.41, 5.74) is 6.95. The van der Waals surface area contributed by atoms with Gasteiger partial charge in [0.1, 0.15) is 4.88 Å². The van der Waals surface area contributed by atoms with Gasteiger partial charge in [0.15, 0.2) is 0 Å². The molecule has 0 unspecified atom stereocenters. The predicted molar refractivity (Wildman–Crippen MR) is 132 cm³/mol. The van der Waals surface area contributed by atoms with Gasteiger partial charge >= 0.3 is 0 Å². The summed E-state index contributed by atoms with van der Waals surface area (Å²) in [6.45, 7) is 1.98. The van der Waals surface area contributed by atoms with Crippen molar-refractivity contribution in [3.05, 3.63) is 98.3 Å². The van der Waals surface area contributed by atoms with E-state index in [1.165, 1.54) is 23.5 Å². The topological polar surface area (TPSA) is 87.3 Å². The first-order chi connectivity index (χ1) is 15.8. The molecule has 4 aromatic rings. The lowest BCUT2D eigenvalue weighted by molar-refractivity contribution is 0.0846. The molecule has 0 spiro atoms. The van der Waals surface area contributed by atoms with Crippen molar-refractivity contribution in [3.8, 4) is 0 Å². The Labute approximate surface area is 203 Å². The van der Waals surface area contributed by atoms with Crippen LogP contribution in [0.25, 0.3) is 10.1 Å². The third-order valence-electron chi connectivity index (χ3n) is 4.79. The zero-order valence-electron chi connectivity index (χ0n) is 17.2. The number of hydrogen-bond donors (Lipinski definition) is 3. The van der Waals surface area contributed by atoms with E-state index in [-0.39, 0.29) is 5.91 Å². The van der Waals surface area contributed by atoms with E-state index in [1.54, 1.807) is 36.4 Å². The molecule has 33 heavy (non-hydrogen) atoms. The number of rotatable bonds is 4. The molecule has 0 aliphatic heterocycles. The highest BCUT2D eigenvalue weighted by atomic mass is 35.5. The van der Waals surface area contributed by atoms with E-state index in [2.05, 4.69) is 16.2 Å².